The highest BCUT2D eigenvalue weighted by molar-refractivity contribution is 5.90. The largest absolute Gasteiger partial charge is 0.478 e. The van der Waals surface area contributed by atoms with Crippen LogP contribution in [0.5, 0.6) is 0 Å². The summed E-state index contributed by atoms with van der Waals surface area (Å²) in [5, 5.41) is 9.08. The predicted octanol–water partition coefficient (Wildman–Crippen LogP) is 3.07. The number of hydrogen-bond acceptors (Lipinski definition) is 1. The van der Waals surface area contributed by atoms with Crippen LogP contribution in [0.1, 0.15) is 47.8 Å². The second-order valence-corrected chi connectivity index (χ2v) is 3.60. The van der Waals surface area contributed by atoms with E-state index >= 15 is 0 Å². The fraction of sp³-hybridized carbons (Fsp3) is 0.462. The molecule has 0 amide bonds. The minimum atomic E-state index is -0.816. The molecule has 1 aromatic rings. The normalized spacial score (nSPS) is 10.3. The first-order valence-corrected chi connectivity index (χ1v) is 5.52. The SMILES string of the molecule is CCc1ccc(C(=O)O)c(CC)c1CC. The molecule has 82 valence electrons. The monoisotopic (exact) mass is 206 g/mol. The van der Waals surface area contributed by atoms with Gasteiger partial charge in [0.25, 0.3) is 0 Å². The zero-order valence-corrected chi connectivity index (χ0v) is 9.63. The Morgan fingerprint density at radius 3 is 2.07 bits per heavy atom. The van der Waals surface area contributed by atoms with Crippen LogP contribution in [0.25, 0.3) is 0 Å². The third kappa shape index (κ3) is 2.20. The number of benzene rings is 1. The van der Waals surface area contributed by atoms with Crippen molar-refractivity contribution in [2.24, 2.45) is 0 Å². The van der Waals surface area contributed by atoms with Crippen LogP contribution in [0.2, 0.25) is 0 Å². The van der Waals surface area contributed by atoms with Crippen molar-refractivity contribution in [2.75, 3.05) is 0 Å². The molecule has 2 heteroatoms. The van der Waals surface area contributed by atoms with Gasteiger partial charge in [-0.1, -0.05) is 26.8 Å². The van der Waals surface area contributed by atoms with Gasteiger partial charge in [-0.05, 0) is 42.0 Å². The van der Waals surface area contributed by atoms with E-state index in [-0.39, 0.29) is 0 Å². The molecule has 0 fully saturated rings. The third-order valence-corrected chi connectivity index (χ3v) is 2.85. The summed E-state index contributed by atoms with van der Waals surface area (Å²) >= 11 is 0. The molecular formula is C13H18O2. The van der Waals surface area contributed by atoms with Crippen molar-refractivity contribution in [2.45, 2.75) is 40.0 Å². The van der Waals surface area contributed by atoms with E-state index in [2.05, 4.69) is 13.8 Å². The van der Waals surface area contributed by atoms with Crippen LogP contribution >= 0.6 is 0 Å². The highest BCUT2D eigenvalue weighted by Crippen LogP contribution is 2.21. The van der Waals surface area contributed by atoms with Gasteiger partial charge < -0.3 is 5.11 Å². The molecule has 0 aliphatic heterocycles. The predicted molar refractivity (Wildman–Crippen MR) is 61.5 cm³/mol. The summed E-state index contributed by atoms with van der Waals surface area (Å²) in [7, 11) is 0. The van der Waals surface area contributed by atoms with E-state index in [0.717, 1.165) is 24.8 Å². The highest BCUT2D eigenvalue weighted by Gasteiger charge is 2.14. The Labute approximate surface area is 90.9 Å². The van der Waals surface area contributed by atoms with Crippen LogP contribution in [0.15, 0.2) is 12.1 Å². The molecular weight excluding hydrogens is 188 g/mol. The standard InChI is InChI=1S/C13H18O2/c1-4-9-7-8-12(13(14)15)11(6-3)10(9)5-2/h7-8H,4-6H2,1-3H3,(H,14,15). The first kappa shape index (κ1) is 11.8. The van der Waals surface area contributed by atoms with Gasteiger partial charge in [0.1, 0.15) is 0 Å². The van der Waals surface area contributed by atoms with E-state index in [9.17, 15) is 4.79 Å². The minimum absolute atomic E-state index is 0.464. The van der Waals surface area contributed by atoms with E-state index in [4.69, 9.17) is 5.11 Å². The Hall–Kier alpha value is -1.31. The average molecular weight is 206 g/mol. The zero-order valence-electron chi connectivity index (χ0n) is 9.63. The molecule has 0 saturated heterocycles. The molecule has 0 saturated carbocycles. The topological polar surface area (TPSA) is 37.3 Å². The van der Waals surface area contributed by atoms with E-state index < -0.39 is 5.97 Å². The molecule has 1 N–H and O–H groups in total. The van der Waals surface area contributed by atoms with Gasteiger partial charge in [-0.3, -0.25) is 0 Å². The molecule has 1 aromatic carbocycles. The van der Waals surface area contributed by atoms with Gasteiger partial charge in [-0.25, -0.2) is 4.79 Å². The quantitative estimate of drug-likeness (QED) is 0.822. The van der Waals surface area contributed by atoms with Gasteiger partial charge in [0.2, 0.25) is 0 Å². The molecule has 0 aliphatic rings. The molecule has 0 unspecified atom stereocenters. The van der Waals surface area contributed by atoms with E-state index in [1.165, 1.54) is 11.1 Å². The van der Waals surface area contributed by atoms with Gasteiger partial charge in [0, 0.05) is 0 Å². The molecule has 0 heterocycles. The van der Waals surface area contributed by atoms with Crippen LogP contribution in [0, 0.1) is 0 Å². The number of aromatic carboxylic acids is 1. The summed E-state index contributed by atoms with van der Waals surface area (Å²) in [5.74, 6) is -0.816. The van der Waals surface area contributed by atoms with Crippen LogP contribution in [-0.4, -0.2) is 11.1 Å². The summed E-state index contributed by atoms with van der Waals surface area (Å²) in [6, 6.07) is 3.68. The molecule has 2 nitrogen and oxygen atoms in total. The number of hydrogen-bond donors (Lipinski definition) is 1. The van der Waals surface area contributed by atoms with Crippen LogP contribution in [-0.2, 0) is 19.3 Å². The van der Waals surface area contributed by atoms with Crippen molar-refractivity contribution in [1.82, 2.24) is 0 Å². The van der Waals surface area contributed by atoms with Crippen molar-refractivity contribution >= 4 is 5.97 Å². The average Bonchev–Trinajstić information content (AvgIpc) is 2.26. The number of carboxylic acid groups (broad SMARTS) is 1. The third-order valence-electron chi connectivity index (χ3n) is 2.85. The maximum absolute atomic E-state index is 11.0. The fourth-order valence-corrected chi connectivity index (χ4v) is 2.12. The lowest BCUT2D eigenvalue weighted by molar-refractivity contribution is 0.0695. The molecule has 0 aromatic heterocycles. The van der Waals surface area contributed by atoms with E-state index in [1.54, 1.807) is 6.07 Å². The van der Waals surface area contributed by atoms with Gasteiger partial charge in [0.05, 0.1) is 5.56 Å². The van der Waals surface area contributed by atoms with Crippen LogP contribution in [0.4, 0.5) is 0 Å². The first-order valence-electron chi connectivity index (χ1n) is 5.52. The Balaban J connectivity index is 3.40. The lowest BCUT2D eigenvalue weighted by atomic mass is 9.91. The second-order valence-electron chi connectivity index (χ2n) is 3.60. The smallest absolute Gasteiger partial charge is 0.335 e. The van der Waals surface area contributed by atoms with Gasteiger partial charge in [0.15, 0.2) is 0 Å². The second kappa shape index (κ2) is 4.96. The zero-order chi connectivity index (χ0) is 11.4. The van der Waals surface area contributed by atoms with E-state index in [0.29, 0.717) is 5.56 Å². The number of rotatable bonds is 4. The van der Waals surface area contributed by atoms with Crippen molar-refractivity contribution in [3.63, 3.8) is 0 Å². The number of carbonyl (C=O) groups is 1. The summed E-state index contributed by atoms with van der Waals surface area (Å²) in [6.45, 7) is 6.20. The molecule has 0 atom stereocenters. The lowest BCUT2D eigenvalue weighted by Crippen LogP contribution is -2.07. The minimum Gasteiger partial charge on any atom is -0.478 e. The van der Waals surface area contributed by atoms with Crippen LogP contribution in [0.3, 0.4) is 0 Å². The van der Waals surface area contributed by atoms with Gasteiger partial charge in [-0.15, -0.1) is 0 Å². The van der Waals surface area contributed by atoms with Crippen LogP contribution < -0.4 is 0 Å². The number of carboxylic acids is 1. The molecule has 0 spiro atoms. The highest BCUT2D eigenvalue weighted by atomic mass is 16.4. The molecule has 0 aliphatic carbocycles. The Kier molecular flexibility index (Phi) is 3.89. The summed E-state index contributed by atoms with van der Waals surface area (Å²) in [5.41, 5.74) is 3.97. The van der Waals surface area contributed by atoms with Gasteiger partial charge >= 0.3 is 5.97 Å². The molecule has 0 radical (unpaired) electrons. The maximum Gasteiger partial charge on any atom is 0.335 e. The molecule has 1 rings (SSSR count). The summed E-state index contributed by atoms with van der Waals surface area (Å²) in [6.07, 6.45) is 2.67. The van der Waals surface area contributed by atoms with E-state index in [1.807, 2.05) is 13.0 Å². The van der Waals surface area contributed by atoms with Crippen molar-refractivity contribution in [3.8, 4) is 0 Å². The molecule has 15 heavy (non-hydrogen) atoms. The first-order chi connectivity index (χ1) is 7.15. The maximum atomic E-state index is 11.0. The summed E-state index contributed by atoms with van der Waals surface area (Å²) < 4.78 is 0. The Morgan fingerprint density at radius 2 is 1.67 bits per heavy atom. The number of aryl methyl sites for hydroxylation is 1. The lowest BCUT2D eigenvalue weighted by Gasteiger charge is -2.13. The molecule has 0 bridgehead atoms. The van der Waals surface area contributed by atoms with Crippen molar-refractivity contribution in [3.05, 3.63) is 34.4 Å². The fourth-order valence-electron chi connectivity index (χ4n) is 2.12. The Bertz CT molecular complexity index is 367. The van der Waals surface area contributed by atoms with Crippen molar-refractivity contribution in [1.29, 1.82) is 0 Å². The van der Waals surface area contributed by atoms with Crippen molar-refractivity contribution < 1.29 is 9.90 Å². The Morgan fingerprint density at radius 1 is 1.07 bits per heavy atom. The summed E-state index contributed by atoms with van der Waals surface area (Å²) in [4.78, 5) is 11.0. The van der Waals surface area contributed by atoms with Gasteiger partial charge in [-0.2, -0.15) is 0 Å².